The van der Waals surface area contributed by atoms with E-state index in [9.17, 15) is 4.79 Å². The first-order valence-electron chi connectivity index (χ1n) is 7.17. The van der Waals surface area contributed by atoms with Crippen LogP contribution in [-0.4, -0.2) is 56.7 Å². The maximum Gasteiger partial charge on any atom is 0.242 e. The lowest BCUT2D eigenvalue weighted by molar-refractivity contribution is -0.133. The average molecular weight is 277 g/mol. The number of hydrogen-bond acceptors (Lipinski definition) is 4. The standard InChI is InChI=1S/C15H23N3O2/c16-7-4-8-18(14-5-2-1-3-6-14)13-15(19)17-9-11-20-12-10-17/h1-3,5-6H,4,7-13,16H2. The summed E-state index contributed by atoms with van der Waals surface area (Å²) >= 11 is 0. The Balaban J connectivity index is 1.97. The van der Waals surface area contributed by atoms with E-state index in [1.54, 1.807) is 0 Å². The molecule has 20 heavy (non-hydrogen) atoms. The summed E-state index contributed by atoms with van der Waals surface area (Å²) in [4.78, 5) is 16.3. The number of para-hydroxylation sites is 1. The summed E-state index contributed by atoms with van der Waals surface area (Å²) in [6, 6.07) is 10.0. The number of hydrogen-bond donors (Lipinski definition) is 1. The normalized spacial score (nSPS) is 15.2. The Kier molecular flexibility index (Phi) is 5.83. The molecule has 1 aliphatic rings. The average Bonchev–Trinajstić information content (AvgIpc) is 2.53. The van der Waals surface area contributed by atoms with Gasteiger partial charge in [0.15, 0.2) is 0 Å². The monoisotopic (exact) mass is 277 g/mol. The molecule has 5 nitrogen and oxygen atoms in total. The number of amides is 1. The summed E-state index contributed by atoms with van der Waals surface area (Å²) in [7, 11) is 0. The zero-order chi connectivity index (χ0) is 14.2. The number of rotatable bonds is 6. The van der Waals surface area contributed by atoms with Crippen molar-refractivity contribution >= 4 is 11.6 Å². The second-order valence-corrected chi connectivity index (χ2v) is 4.89. The third kappa shape index (κ3) is 4.21. The maximum atomic E-state index is 12.3. The molecule has 1 heterocycles. The van der Waals surface area contributed by atoms with E-state index in [4.69, 9.17) is 10.5 Å². The molecule has 2 rings (SSSR count). The van der Waals surface area contributed by atoms with E-state index in [0.717, 1.165) is 18.7 Å². The third-order valence-corrected chi connectivity index (χ3v) is 3.44. The van der Waals surface area contributed by atoms with Gasteiger partial charge in [-0.25, -0.2) is 0 Å². The first-order valence-corrected chi connectivity index (χ1v) is 7.17. The molecule has 2 N–H and O–H groups in total. The van der Waals surface area contributed by atoms with Crippen LogP contribution in [0.5, 0.6) is 0 Å². The minimum atomic E-state index is 0.161. The van der Waals surface area contributed by atoms with Crippen LogP contribution < -0.4 is 10.6 Å². The number of ether oxygens (including phenoxy) is 1. The molecule has 5 heteroatoms. The Labute approximate surface area is 120 Å². The van der Waals surface area contributed by atoms with Gasteiger partial charge in [-0.15, -0.1) is 0 Å². The number of morpholine rings is 1. The van der Waals surface area contributed by atoms with Crippen molar-refractivity contribution in [1.82, 2.24) is 4.90 Å². The Morgan fingerprint density at radius 1 is 1.25 bits per heavy atom. The van der Waals surface area contributed by atoms with Crippen LogP contribution in [0.1, 0.15) is 6.42 Å². The molecule has 110 valence electrons. The molecule has 1 aromatic rings. The van der Waals surface area contributed by atoms with Crippen LogP contribution in [0.25, 0.3) is 0 Å². The number of carbonyl (C=O) groups is 1. The number of carbonyl (C=O) groups excluding carboxylic acids is 1. The summed E-state index contributed by atoms with van der Waals surface area (Å²) in [5.41, 5.74) is 6.66. The predicted octanol–water partition coefficient (Wildman–Crippen LogP) is 0.701. The SMILES string of the molecule is NCCCN(CC(=O)N1CCOCC1)c1ccccc1. The first-order chi connectivity index (χ1) is 9.81. The van der Waals surface area contributed by atoms with Crippen LogP contribution in [0.4, 0.5) is 5.69 Å². The van der Waals surface area contributed by atoms with E-state index >= 15 is 0 Å². The van der Waals surface area contributed by atoms with E-state index in [-0.39, 0.29) is 5.91 Å². The fourth-order valence-electron chi connectivity index (χ4n) is 2.30. The summed E-state index contributed by atoms with van der Waals surface area (Å²) in [5, 5.41) is 0. The van der Waals surface area contributed by atoms with Gasteiger partial charge in [0.25, 0.3) is 0 Å². The molecule has 1 fully saturated rings. The number of benzene rings is 1. The summed E-state index contributed by atoms with van der Waals surface area (Å²) < 4.78 is 5.28. The number of nitrogens with two attached hydrogens (primary N) is 1. The molecule has 0 bridgehead atoms. The molecule has 0 aliphatic carbocycles. The van der Waals surface area contributed by atoms with Crippen LogP contribution in [0.15, 0.2) is 30.3 Å². The molecule has 1 aromatic carbocycles. The summed E-state index contributed by atoms with van der Waals surface area (Å²) in [6.45, 7) is 4.51. The van der Waals surface area contributed by atoms with Crippen molar-refractivity contribution in [2.75, 3.05) is 50.8 Å². The molecule has 1 saturated heterocycles. The predicted molar refractivity (Wildman–Crippen MR) is 79.7 cm³/mol. The van der Waals surface area contributed by atoms with Crippen LogP contribution >= 0.6 is 0 Å². The van der Waals surface area contributed by atoms with E-state index in [2.05, 4.69) is 4.90 Å². The number of nitrogens with zero attached hydrogens (tertiary/aromatic N) is 2. The molecular weight excluding hydrogens is 254 g/mol. The van der Waals surface area contributed by atoms with Gasteiger partial charge in [-0.1, -0.05) is 18.2 Å². The van der Waals surface area contributed by atoms with Gasteiger partial charge in [0.2, 0.25) is 5.91 Å². The summed E-state index contributed by atoms with van der Waals surface area (Å²) in [5.74, 6) is 0.161. The molecule has 1 amide bonds. The van der Waals surface area contributed by atoms with E-state index in [1.165, 1.54) is 0 Å². The van der Waals surface area contributed by atoms with Crippen molar-refractivity contribution in [3.63, 3.8) is 0 Å². The van der Waals surface area contributed by atoms with Crippen molar-refractivity contribution in [2.45, 2.75) is 6.42 Å². The molecule has 0 radical (unpaired) electrons. The van der Waals surface area contributed by atoms with Crippen LogP contribution in [0, 0.1) is 0 Å². The zero-order valence-electron chi connectivity index (χ0n) is 11.8. The lowest BCUT2D eigenvalue weighted by Gasteiger charge is -2.31. The zero-order valence-corrected chi connectivity index (χ0v) is 11.8. The minimum absolute atomic E-state index is 0.161. The molecule has 0 atom stereocenters. The minimum Gasteiger partial charge on any atom is -0.378 e. The molecule has 0 saturated carbocycles. The van der Waals surface area contributed by atoms with Gasteiger partial charge >= 0.3 is 0 Å². The Morgan fingerprint density at radius 3 is 2.60 bits per heavy atom. The second-order valence-electron chi connectivity index (χ2n) is 4.89. The van der Waals surface area contributed by atoms with E-state index in [1.807, 2.05) is 35.2 Å². The van der Waals surface area contributed by atoms with Gasteiger partial charge in [0.05, 0.1) is 19.8 Å². The van der Waals surface area contributed by atoms with Crippen LogP contribution in [0.2, 0.25) is 0 Å². The van der Waals surface area contributed by atoms with Gasteiger partial charge < -0.3 is 20.3 Å². The molecule has 0 spiro atoms. The highest BCUT2D eigenvalue weighted by Gasteiger charge is 2.19. The quantitative estimate of drug-likeness (QED) is 0.831. The van der Waals surface area contributed by atoms with Crippen molar-refractivity contribution < 1.29 is 9.53 Å². The van der Waals surface area contributed by atoms with Crippen LogP contribution in [-0.2, 0) is 9.53 Å². The first kappa shape index (κ1) is 14.8. The molecule has 0 aromatic heterocycles. The van der Waals surface area contributed by atoms with Crippen molar-refractivity contribution in [3.05, 3.63) is 30.3 Å². The van der Waals surface area contributed by atoms with Gasteiger partial charge in [-0.05, 0) is 25.1 Å². The highest BCUT2D eigenvalue weighted by molar-refractivity contribution is 5.81. The lowest BCUT2D eigenvalue weighted by atomic mass is 10.2. The maximum absolute atomic E-state index is 12.3. The highest BCUT2D eigenvalue weighted by Crippen LogP contribution is 2.14. The molecule has 1 aliphatic heterocycles. The Morgan fingerprint density at radius 2 is 1.95 bits per heavy atom. The second kappa shape index (κ2) is 7.87. The van der Waals surface area contributed by atoms with Gasteiger partial charge in [0.1, 0.15) is 0 Å². The highest BCUT2D eigenvalue weighted by atomic mass is 16.5. The smallest absolute Gasteiger partial charge is 0.242 e. The molecule has 0 unspecified atom stereocenters. The van der Waals surface area contributed by atoms with E-state index in [0.29, 0.717) is 39.4 Å². The topological polar surface area (TPSA) is 58.8 Å². The fourth-order valence-corrected chi connectivity index (χ4v) is 2.30. The Hall–Kier alpha value is -1.59. The number of anilines is 1. The summed E-state index contributed by atoms with van der Waals surface area (Å²) in [6.07, 6.45) is 0.880. The van der Waals surface area contributed by atoms with Gasteiger partial charge in [-0.2, -0.15) is 0 Å². The van der Waals surface area contributed by atoms with Crippen molar-refractivity contribution in [1.29, 1.82) is 0 Å². The van der Waals surface area contributed by atoms with Crippen molar-refractivity contribution in [2.24, 2.45) is 5.73 Å². The van der Waals surface area contributed by atoms with Crippen LogP contribution in [0.3, 0.4) is 0 Å². The Bertz CT molecular complexity index is 405. The largest absolute Gasteiger partial charge is 0.378 e. The van der Waals surface area contributed by atoms with E-state index < -0.39 is 0 Å². The third-order valence-electron chi connectivity index (χ3n) is 3.44. The van der Waals surface area contributed by atoms with Gasteiger partial charge in [0, 0.05) is 25.3 Å². The van der Waals surface area contributed by atoms with Gasteiger partial charge in [-0.3, -0.25) is 4.79 Å². The fraction of sp³-hybridized carbons (Fsp3) is 0.533. The lowest BCUT2D eigenvalue weighted by Crippen LogP contribution is -2.46. The van der Waals surface area contributed by atoms with Crippen molar-refractivity contribution in [3.8, 4) is 0 Å². The molecular formula is C15H23N3O2.